The van der Waals surface area contributed by atoms with Crippen molar-refractivity contribution >= 4 is 0 Å². The van der Waals surface area contributed by atoms with Gasteiger partial charge in [0.25, 0.3) is 0 Å². The summed E-state index contributed by atoms with van der Waals surface area (Å²) in [5.41, 5.74) is 3.14. The van der Waals surface area contributed by atoms with Crippen LogP contribution in [0.3, 0.4) is 0 Å². The van der Waals surface area contributed by atoms with Crippen molar-refractivity contribution in [3.63, 3.8) is 0 Å². The molecule has 102 valence electrons. The SMILES string of the molecule is Cc1nn(C2CC(C)CC(C)C2)c(C)c1C(C)O. The van der Waals surface area contributed by atoms with Crippen LogP contribution in [-0.4, -0.2) is 14.9 Å². The molecule has 0 saturated heterocycles. The lowest BCUT2D eigenvalue weighted by molar-refractivity contribution is 0.194. The van der Waals surface area contributed by atoms with Crippen molar-refractivity contribution in [3.05, 3.63) is 17.0 Å². The van der Waals surface area contributed by atoms with Gasteiger partial charge in [-0.3, -0.25) is 4.68 Å². The molecule has 1 N–H and O–H groups in total. The first-order valence-corrected chi connectivity index (χ1v) is 7.13. The van der Waals surface area contributed by atoms with Gasteiger partial charge in [-0.05, 0) is 51.9 Å². The van der Waals surface area contributed by atoms with Gasteiger partial charge < -0.3 is 5.11 Å². The van der Waals surface area contributed by atoms with Crippen molar-refractivity contribution in [2.24, 2.45) is 11.8 Å². The van der Waals surface area contributed by atoms with Crippen LogP contribution in [0.25, 0.3) is 0 Å². The molecule has 1 aromatic heterocycles. The van der Waals surface area contributed by atoms with E-state index in [0.717, 1.165) is 28.8 Å². The highest BCUT2D eigenvalue weighted by Crippen LogP contribution is 2.37. The van der Waals surface area contributed by atoms with Crippen molar-refractivity contribution in [1.29, 1.82) is 0 Å². The van der Waals surface area contributed by atoms with Crippen LogP contribution < -0.4 is 0 Å². The molecule has 0 amide bonds. The molecule has 0 aromatic carbocycles. The summed E-state index contributed by atoms with van der Waals surface area (Å²) in [6, 6.07) is 0.509. The van der Waals surface area contributed by atoms with E-state index >= 15 is 0 Å². The average Bonchev–Trinajstić information content (AvgIpc) is 2.52. The van der Waals surface area contributed by atoms with Gasteiger partial charge in [-0.1, -0.05) is 13.8 Å². The van der Waals surface area contributed by atoms with Crippen LogP contribution in [0.2, 0.25) is 0 Å². The molecule has 2 rings (SSSR count). The molecule has 1 saturated carbocycles. The van der Waals surface area contributed by atoms with Crippen LogP contribution >= 0.6 is 0 Å². The Morgan fingerprint density at radius 3 is 2.17 bits per heavy atom. The lowest BCUT2D eigenvalue weighted by Crippen LogP contribution is -2.24. The molecule has 3 heteroatoms. The molecule has 0 bridgehead atoms. The average molecular weight is 250 g/mol. The molecular weight excluding hydrogens is 224 g/mol. The second-order valence-corrected chi connectivity index (χ2v) is 6.28. The topological polar surface area (TPSA) is 38.0 Å². The van der Waals surface area contributed by atoms with E-state index in [9.17, 15) is 5.11 Å². The van der Waals surface area contributed by atoms with Crippen molar-refractivity contribution in [2.45, 2.75) is 66.0 Å². The van der Waals surface area contributed by atoms with Gasteiger partial charge in [0.1, 0.15) is 0 Å². The highest BCUT2D eigenvalue weighted by Gasteiger charge is 2.28. The van der Waals surface area contributed by atoms with Gasteiger partial charge in [-0.15, -0.1) is 0 Å². The first-order chi connectivity index (χ1) is 8.40. The van der Waals surface area contributed by atoms with Crippen LogP contribution in [0.15, 0.2) is 0 Å². The van der Waals surface area contributed by atoms with E-state index in [-0.39, 0.29) is 0 Å². The smallest absolute Gasteiger partial charge is 0.0797 e. The first-order valence-electron chi connectivity index (χ1n) is 7.13. The fourth-order valence-electron chi connectivity index (χ4n) is 3.74. The molecule has 0 spiro atoms. The molecular formula is C15H26N2O. The molecule has 1 fully saturated rings. The lowest BCUT2D eigenvalue weighted by atomic mass is 9.80. The molecule has 1 aliphatic carbocycles. The molecule has 1 heterocycles. The van der Waals surface area contributed by atoms with Gasteiger partial charge in [0.05, 0.1) is 17.8 Å². The minimum atomic E-state index is -0.419. The molecule has 3 unspecified atom stereocenters. The van der Waals surface area contributed by atoms with Crippen molar-refractivity contribution in [1.82, 2.24) is 9.78 Å². The predicted octanol–water partition coefficient (Wildman–Crippen LogP) is 3.55. The summed E-state index contributed by atoms with van der Waals surface area (Å²) >= 11 is 0. The molecule has 1 aliphatic rings. The number of hydrogen-bond donors (Lipinski definition) is 1. The van der Waals surface area contributed by atoms with E-state index in [1.807, 2.05) is 13.8 Å². The number of aliphatic hydroxyl groups is 1. The molecule has 0 radical (unpaired) electrons. The number of nitrogens with zero attached hydrogens (tertiary/aromatic N) is 2. The lowest BCUT2D eigenvalue weighted by Gasteiger charge is -2.32. The minimum absolute atomic E-state index is 0.419. The van der Waals surface area contributed by atoms with Crippen molar-refractivity contribution < 1.29 is 5.11 Å². The van der Waals surface area contributed by atoms with E-state index in [1.54, 1.807) is 0 Å². The van der Waals surface area contributed by atoms with E-state index in [1.165, 1.54) is 19.3 Å². The Morgan fingerprint density at radius 1 is 1.17 bits per heavy atom. The molecule has 3 atom stereocenters. The van der Waals surface area contributed by atoms with Gasteiger partial charge in [-0.25, -0.2) is 0 Å². The van der Waals surface area contributed by atoms with Gasteiger partial charge >= 0.3 is 0 Å². The van der Waals surface area contributed by atoms with Gasteiger partial charge in [0, 0.05) is 11.3 Å². The maximum absolute atomic E-state index is 9.85. The zero-order chi connectivity index (χ0) is 13.4. The van der Waals surface area contributed by atoms with E-state index in [4.69, 9.17) is 0 Å². The second kappa shape index (κ2) is 5.04. The highest BCUT2D eigenvalue weighted by molar-refractivity contribution is 5.27. The van der Waals surface area contributed by atoms with Crippen LogP contribution in [-0.2, 0) is 0 Å². The molecule has 0 aliphatic heterocycles. The van der Waals surface area contributed by atoms with Crippen LogP contribution in [0, 0.1) is 25.7 Å². The Kier molecular flexibility index (Phi) is 3.81. The third kappa shape index (κ3) is 2.46. The second-order valence-electron chi connectivity index (χ2n) is 6.28. The van der Waals surface area contributed by atoms with Crippen molar-refractivity contribution in [3.8, 4) is 0 Å². The fourth-order valence-corrected chi connectivity index (χ4v) is 3.74. The Bertz CT molecular complexity index is 412. The standard InChI is InChI=1S/C15H26N2O/c1-9-6-10(2)8-14(7-9)17-12(4)15(13(5)18)11(3)16-17/h9-10,13-14,18H,6-8H2,1-5H3. The number of hydrogen-bond acceptors (Lipinski definition) is 2. The van der Waals surface area contributed by atoms with Crippen LogP contribution in [0.1, 0.15) is 69.1 Å². The predicted molar refractivity (Wildman–Crippen MR) is 73.6 cm³/mol. The summed E-state index contributed by atoms with van der Waals surface area (Å²) in [5, 5.41) is 14.5. The summed E-state index contributed by atoms with van der Waals surface area (Å²) in [6.45, 7) is 10.6. The highest BCUT2D eigenvalue weighted by atomic mass is 16.3. The third-order valence-electron chi connectivity index (χ3n) is 4.30. The van der Waals surface area contributed by atoms with Gasteiger partial charge in [0.2, 0.25) is 0 Å². The number of rotatable bonds is 2. The van der Waals surface area contributed by atoms with Crippen LogP contribution in [0.4, 0.5) is 0 Å². The zero-order valence-corrected chi connectivity index (χ0v) is 12.3. The molecule has 18 heavy (non-hydrogen) atoms. The number of aliphatic hydroxyl groups excluding tert-OH is 1. The largest absolute Gasteiger partial charge is 0.389 e. The summed E-state index contributed by atoms with van der Waals surface area (Å²) in [5.74, 6) is 1.55. The third-order valence-corrected chi connectivity index (χ3v) is 4.30. The summed E-state index contributed by atoms with van der Waals surface area (Å²) in [6.07, 6.45) is 3.34. The van der Waals surface area contributed by atoms with E-state index < -0.39 is 6.10 Å². The minimum Gasteiger partial charge on any atom is -0.389 e. The normalized spacial score (nSPS) is 30.4. The van der Waals surface area contributed by atoms with Gasteiger partial charge in [0.15, 0.2) is 0 Å². The summed E-state index contributed by atoms with van der Waals surface area (Å²) in [7, 11) is 0. The van der Waals surface area contributed by atoms with E-state index in [0.29, 0.717) is 6.04 Å². The molecule has 3 nitrogen and oxygen atoms in total. The maximum atomic E-state index is 9.85. The Hall–Kier alpha value is -0.830. The Labute approximate surface area is 110 Å². The summed E-state index contributed by atoms with van der Waals surface area (Å²) in [4.78, 5) is 0. The zero-order valence-electron chi connectivity index (χ0n) is 12.3. The quantitative estimate of drug-likeness (QED) is 0.871. The van der Waals surface area contributed by atoms with E-state index in [2.05, 4.69) is 30.6 Å². The summed E-state index contributed by atoms with van der Waals surface area (Å²) < 4.78 is 2.17. The van der Waals surface area contributed by atoms with Crippen molar-refractivity contribution in [2.75, 3.05) is 0 Å². The number of aryl methyl sites for hydroxylation is 1. The Balaban J connectivity index is 2.31. The van der Waals surface area contributed by atoms with Crippen LogP contribution in [0.5, 0.6) is 0 Å². The van der Waals surface area contributed by atoms with Gasteiger partial charge in [-0.2, -0.15) is 5.10 Å². The maximum Gasteiger partial charge on any atom is 0.0797 e. The number of aromatic nitrogens is 2. The Morgan fingerprint density at radius 2 is 1.72 bits per heavy atom. The monoisotopic (exact) mass is 250 g/mol. The fraction of sp³-hybridized carbons (Fsp3) is 0.800. The molecule has 1 aromatic rings. The first kappa shape index (κ1) is 13.6.